The maximum atomic E-state index is 6.27. The molecule has 0 aromatic heterocycles. The summed E-state index contributed by atoms with van der Waals surface area (Å²) in [7, 11) is 0. The Bertz CT molecular complexity index is 617. The summed E-state index contributed by atoms with van der Waals surface area (Å²) in [6, 6.07) is 7.97. The van der Waals surface area contributed by atoms with Crippen LogP contribution in [0.3, 0.4) is 0 Å². The summed E-state index contributed by atoms with van der Waals surface area (Å²) in [5.41, 5.74) is 2.10. The quantitative estimate of drug-likeness (QED) is 0.776. The van der Waals surface area contributed by atoms with Crippen LogP contribution in [0, 0.1) is 6.92 Å². The van der Waals surface area contributed by atoms with Gasteiger partial charge in [0, 0.05) is 5.69 Å². The number of aliphatic imine (C=N–C) groups is 2. The zero-order valence-corrected chi connectivity index (χ0v) is 10.5. The second-order valence-corrected chi connectivity index (χ2v) is 4.58. The molecule has 0 bridgehead atoms. The van der Waals surface area contributed by atoms with Crippen molar-refractivity contribution in [2.24, 2.45) is 15.1 Å². The summed E-state index contributed by atoms with van der Waals surface area (Å²) >= 11 is 6.27. The van der Waals surface area contributed by atoms with E-state index in [1.807, 2.05) is 31.2 Å². The normalized spacial score (nSPS) is 24.6. The molecule has 2 heterocycles. The molecule has 5 nitrogen and oxygen atoms in total. The predicted octanol–water partition coefficient (Wildman–Crippen LogP) is 2.62. The van der Waals surface area contributed by atoms with Gasteiger partial charge in [-0.05, 0) is 33.8 Å². The molecule has 0 amide bonds. The molecule has 0 spiro atoms. The molecule has 2 aliphatic heterocycles. The van der Waals surface area contributed by atoms with Crippen LogP contribution in [0.1, 0.15) is 5.56 Å². The van der Waals surface area contributed by atoms with E-state index in [1.165, 1.54) is 5.56 Å². The third kappa shape index (κ3) is 1.94. The Morgan fingerprint density at radius 1 is 1.33 bits per heavy atom. The fraction of sp³-hybridized carbons (Fsp3) is 0.0833. The van der Waals surface area contributed by atoms with E-state index >= 15 is 0 Å². The monoisotopic (exact) mass is 260 g/mol. The summed E-state index contributed by atoms with van der Waals surface area (Å²) in [6.45, 7) is 2.03. The first kappa shape index (κ1) is 11.1. The van der Waals surface area contributed by atoms with E-state index in [0.29, 0.717) is 11.8 Å². The lowest BCUT2D eigenvalue weighted by atomic mass is 10.2. The number of guanidine groups is 1. The van der Waals surface area contributed by atoms with Gasteiger partial charge in [-0.25, -0.2) is 0 Å². The zero-order chi connectivity index (χ0) is 12.6. The molecular formula is C12H11ClN5+. The van der Waals surface area contributed by atoms with Crippen molar-refractivity contribution < 1.29 is 4.11 Å². The number of halogens is 1. The summed E-state index contributed by atoms with van der Waals surface area (Å²) in [5.74, 6) is 1.05. The van der Waals surface area contributed by atoms with Crippen LogP contribution in [-0.4, -0.2) is 22.1 Å². The van der Waals surface area contributed by atoms with E-state index < -0.39 is 0 Å². The van der Waals surface area contributed by atoms with Crippen molar-refractivity contribution in [1.29, 1.82) is 0 Å². The summed E-state index contributed by atoms with van der Waals surface area (Å²) in [4.78, 5) is 8.29. The highest BCUT2D eigenvalue weighted by atomic mass is 35.5. The van der Waals surface area contributed by atoms with Gasteiger partial charge in [0.15, 0.2) is 6.20 Å². The lowest BCUT2D eigenvalue weighted by Crippen LogP contribution is -2.33. The third-order valence-corrected chi connectivity index (χ3v) is 2.96. The first-order chi connectivity index (χ1) is 8.66. The molecule has 1 N–H and O–H groups in total. The fourth-order valence-electron chi connectivity index (χ4n) is 1.75. The van der Waals surface area contributed by atoms with Gasteiger partial charge in [0.25, 0.3) is 11.8 Å². The first-order valence-corrected chi connectivity index (χ1v) is 5.82. The number of rotatable bonds is 1. The van der Waals surface area contributed by atoms with Crippen LogP contribution in [-0.2, 0) is 0 Å². The van der Waals surface area contributed by atoms with Gasteiger partial charge in [-0.3, -0.25) is 4.99 Å². The van der Waals surface area contributed by atoms with Gasteiger partial charge in [0.2, 0.25) is 11.8 Å². The van der Waals surface area contributed by atoms with Crippen molar-refractivity contribution >= 4 is 35.5 Å². The SMILES string of the molecule is Cc1cccc(NC2=N[N+]3(Cl)C=CN=CC3=N2)c1. The van der Waals surface area contributed by atoms with E-state index in [-0.39, 0.29) is 4.11 Å². The molecule has 0 radical (unpaired) electrons. The van der Waals surface area contributed by atoms with Gasteiger partial charge >= 0.3 is 0 Å². The standard InChI is InChI=1S/C12H11ClN5/c1-9-3-2-4-10(7-9)15-12-16-11-8-14-5-6-18(11,13)17-12/h2-8H,1H3,(H,15,17)/q+1. The molecule has 1 aromatic rings. The average molecular weight is 261 g/mol. The number of hydrogen-bond acceptors (Lipinski definition) is 4. The second kappa shape index (κ2) is 4.04. The molecule has 0 fully saturated rings. The summed E-state index contributed by atoms with van der Waals surface area (Å²) < 4.78 is -0.211. The molecule has 3 rings (SSSR count). The smallest absolute Gasteiger partial charge is 0.300 e. The van der Waals surface area contributed by atoms with Crippen molar-refractivity contribution in [1.82, 2.24) is 0 Å². The number of nitrogens with one attached hydrogen (secondary N) is 1. The molecule has 6 heteroatoms. The van der Waals surface area contributed by atoms with Crippen LogP contribution >= 0.6 is 11.8 Å². The fourth-order valence-corrected chi connectivity index (χ4v) is 1.95. The average Bonchev–Trinajstić information content (AvgIpc) is 2.64. The Kier molecular flexibility index (Phi) is 2.50. The number of hydrogen-bond donors (Lipinski definition) is 1. The predicted molar refractivity (Wildman–Crippen MR) is 73.4 cm³/mol. The van der Waals surface area contributed by atoms with Crippen LogP contribution < -0.4 is 5.32 Å². The van der Waals surface area contributed by atoms with E-state index in [0.717, 1.165) is 5.69 Å². The van der Waals surface area contributed by atoms with Gasteiger partial charge in [0.1, 0.15) is 6.21 Å². The molecule has 2 aliphatic rings. The first-order valence-electron chi connectivity index (χ1n) is 5.48. The highest BCUT2D eigenvalue weighted by Gasteiger charge is 2.39. The number of benzene rings is 1. The van der Waals surface area contributed by atoms with Crippen LogP contribution in [0.15, 0.2) is 51.8 Å². The molecular weight excluding hydrogens is 250 g/mol. The van der Waals surface area contributed by atoms with Crippen LogP contribution in [0.4, 0.5) is 5.69 Å². The van der Waals surface area contributed by atoms with Gasteiger partial charge in [-0.15, -0.1) is 4.99 Å². The van der Waals surface area contributed by atoms with Crippen molar-refractivity contribution in [3.8, 4) is 0 Å². The summed E-state index contributed by atoms with van der Waals surface area (Å²) in [5, 5.41) is 7.42. The number of fused-ring (bicyclic) bond motifs is 1. The lowest BCUT2D eigenvalue weighted by molar-refractivity contribution is -0.659. The topological polar surface area (TPSA) is 49.1 Å². The van der Waals surface area contributed by atoms with Gasteiger partial charge in [-0.2, -0.15) is 0 Å². The van der Waals surface area contributed by atoms with E-state index in [9.17, 15) is 0 Å². The minimum atomic E-state index is -0.211. The number of aryl methyl sites for hydroxylation is 1. The maximum absolute atomic E-state index is 6.27. The molecule has 0 aliphatic carbocycles. The molecule has 1 atom stereocenters. The van der Waals surface area contributed by atoms with Crippen molar-refractivity contribution in [2.75, 3.05) is 5.32 Å². The molecule has 0 saturated heterocycles. The van der Waals surface area contributed by atoms with E-state index in [2.05, 4.69) is 20.4 Å². The Morgan fingerprint density at radius 3 is 3.00 bits per heavy atom. The Hall–Kier alpha value is -1.98. The number of nitrogens with zero attached hydrogens (tertiary/aromatic N) is 4. The second-order valence-electron chi connectivity index (χ2n) is 4.07. The Labute approximate surface area is 110 Å². The zero-order valence-electron chi connectivity index (χ0n) is 9.71. The van der Waals surface area contributed by atoms with Gasteiger partial charge in [-0.1, -0.05) is 12.1 Å². The molecule has 90 valence electrons. The van der Waals surface area contributed by atoms with Crippen LogP contribution in [0.5, 0.6) is 0 Å². The Morgan fingerprint density at radius 2 is 2.22 bits per heavy atom. The third-order valence-electron chi connectivity index (χ3n) is 2.60. The number of amidine groups is 1. The van der Waals surface area contributed by atoms with Crippen molar-refractivity contribution in [2.45, 2.75) is 6.92 Å². The largest absolute Gasteiger partial charge is 0.320 e. The number of quaternary nitrogens is 1. The summed E-state index contributed by atoms with van der Waals surface area (Å²) in [6.07, 6.45) is 4.86. The minimum Gasteiger partial charge on any atom is -0.320 e. The lowest BCUT2D eigenvalue weighted by Gasteiger charge is -2.12. The van der Waals surface area contributed by atoms with Crippen molar-refractivity contribution in [3.05, 3.63) is 42.2 Å². The maximum Gasteiger partial charge on any atom is 0.300 e. The van der Waals surface area contributed by atoms with Crippen LogP contribution in [0.25, 0.3) is 0 Å². The van der Waals surface area contributed by atoms with Crippen molar-refractivity contribution in [3.63, 3.8) is 0 Å². The molecule has 1 unspecified atom stereocenters. The number of anilines is 1. The molecule has 1 aromatic carbocycles. The van der Waals surface area contributed by atoms with Gasteiger partial charge < -0.3 is 5.32 Å². The Balaban J connectivity index is 1.88. The van der Waals surface area contributed by atoms with E-state index in [1.54, 1.807) is 18.6 Å². The van der Waals surface area contributed by atoms with Crippen LogP contribution in [0.2, 0.25) is 0 Å². The van der Waals surface area contributed by atoms with Gasteiger partial charge in [0.05, 0.1) is 6.20 Å². The highest BCUT2D eigenvalue weighted by Crippen LogP contribution is 2.24. The highest BCUT2D eigenvalue weighted by molar-refractivity contribution is 6.36. The molecule has 18 heavy (non-hydrogen) atoms. The minimum absolute atomic E-state index is 0.211. The molecule has 0 saturated carbocycles. The van der Waals surface area contributed by atoms with E-state index in [4.69, 9.17) is 11.8 Å².